The molecular formula is C25H53N3O8Si2. The number of azide groups is 1. The summed E-state index contributed by atoms with van der Waals surface area (Å²) in [5.74, 6) is 0. The summed E-state index contributed by atoms with van der Waals surface area (Å²) in [6, 6.07) is -0.751. The van der Waals surface area contributed by atoms with Gasteiger partial charge in [0.15, 0.2) is 16.6 Å². The van der Waals surface area contributed by atoms with Gasteiger partial charge in [0.25, 0.3) is 0 Å². The SMILES string of the molecule is C.CC(C)(C)[Si](C)(C)OC[C@@H]1OC[C@H](N=[N+]=[N-])[C@@H](O)[C@H]1O.CC(C)(C)[Si](C)(C)OC[C@@H]1OC[C@H]2O[C@H]2[C@H]1O. The lowest BCUT2D eigenvalue weighted by Crippen LogP contribution is -2.55. The topological polar surface area (TPSA) is 159 Å². The van der Waals surface area contributed by atoms with Crippen LogP contribution in [-0.4, -0.2) is 107 Å². The number of nitrogens with zero attached hydrogens (tertiary/aromatic N) is 3. The van der Waals surface area contributed by atoms with E-state index in [-0.39, 0.29) is 49.0 Å². The zero-order chi connectivity index (χ0) is 28.4. The van der Waals surface area contributed by atoms with Gasteiger partial charge in [-0.2, -0.15) is 0 Å². The van der Waals surface area contributed by atoms with Crippen LogP contribution in [0.3, 0.4) is 0 Å². The zero-order valence-electron chi connectivity index (χ0n) is 24.2. The Morgan fingerprint density at radius 3 is 1.71 bits per heavy atom. The number of ether oxygens (including phenoxy) is 3. The molecule has 3 aliphatic rings. The third-order valence-electron chi connectivity index (χ3n) is 8.45. The largest absolute Gasteiger partial charge is 0.414 e. The Hall–Kier alpha value is -0.576. The smallest absolute Gasteiger partial charge is 0.192 e. The van der Waals surface area contributed by atoms with Gasteiger partial charge in [-0.25, -0.2) is 0 Å². The molecule has 13 heteroatoms. The first-order chi connectivity index (χ1) is 16.8. The van der Waals surface area contributed by atoms with E-state index in [2.05, 4.69) is 77.8 Å². The molecule has 0 unspecified atom stereocenters. The van der Waals surface area contributed by atoms with Gasteiger partial charge in [-0.1, -0.05) is 54.1 Å². The average molecular weight is 580 g/mol. The molecule has 0 aliphatic carbocycles. The molecule has 0 aromatic heterocycles. The van der Waals surface area contributed by atoms with E-state index in [1.54, 1.807) is 0 Å². The molecule has 0 aromatic carbocycles. The number of fused-ring (bicyclic) bond motifs is 1. The first-order valence-corrected chi connectivity index (χ1v) is 18.9. The van der Waals surface area contributed by atoms with Crippen molar-refractivity contribution in [3.8, 4) is 0 Å². The van der Waals surface area contributed by atoms with Gasteiger partial charge < -0.3 is 38.4 Å². The van der Waals surface area contributed by atoms with Crippen LogP contribution in [0.1, 0.15) is 49.0 Å². The second-order valence-electron chi connectivity index (χ2n) is 13.3. The number of rotatable bonds is 7. The highest BCUT2D eigenvalue weighted by Gasteiger charge is 2.52. The highest BCUT2D eigenvalue weighted by atomic mass is 28.4. The van der Waals surface area contributed by atoms with Crippen molar-refractivity contribution < 1.29 is 38.4 Å². The summed E-state index contributed by atoms with van der Waals surface area (Å²) >= 11 is 0. The molecular weight excluding hydrogens is 526 g/mol. The highest BCUT2D eigenvalue weighted by molar-refractivity contribution is 6.74. The van der Waals surface area contributed by atoms with E-state index in [0.29, 0.717) is 13.2 Å². The summed E-state index contributed by atoms with van der Waals surface area (Å²) in [6.07, 6.45) is -3.47. The number of hydrogen-bond donors (Lipinski definition) is 3. The fourth-order valence-electron chi connectivity index (χ4n) is 3.46. The quantitative estimate of drug-likeness (QED) is 0.134. The maximum Gasteiger partial charge on any atom is 0.192 e. The molecule has 0 amide bonds. The normalized spacial score (nSPS) is 33.6. The van der Waals surface area contributed by atoms with E-state index in [1.807, 2.05) is 0 Å². The van der Waals surface area contributed by atoms with Crippen molar-refractivity contribution in [1.29, 1.82) is 0 Å². The Bertz CT molecular complexity index is 798. The molecule has 11 nitrogen and oxygen atoms in total. The molecule has 3 heterocycles. The number of aliphatic hydroxyl groups excluding tert-OH is 3. The summed E-state index contributed by atoms with van der Waals surface area (Å²) < 4.78 is 28.4. The van der Waals surface area contributed by atoms with Gasteiger partial charge >= 0.3 is 0 Å². The first-order valence-electron chi connectivity index (χ1n) is 13.1. The molecule has 3 rings (SSSR count). The van der Waals surface area contributed by atoms with Gasteiger partial charge in [0.1, 0.15) is 36.6 Å². The van der Waals surface area contributed by atoms with Gasteiger partial charge in [0.2, 0.25) is 0 Å². The van der Waals surface area contributed by atoms with Crippen molar-refractivity contribution in [1.82, 2.24) is 0 Å². The van der Waals surface area contributed by atoms with Crippen LogP contribution in [0.25, 0.3) is 10.4 Å². The average Bonchev–Trinajstić information content (AvgIpc) is 3.56. The molecule has 3 N–H and O–H groups in total. The van der Waals surface area contributed by atoms with Gasteiger partial charge in [0, 0.05) is 4.91 Å². The van der Waals surface area contributed by atoms with Crippen LogP contribution in [0, 0.1) is 0 Å². The Labute approximate surface area is 231 Å². The van der Waals surface area contributed by atoms with Crippen molar-refractivity contribution in [3.63, 3.8) is 0 Å². The summed E-state index contributed by atoms with van der Waals surface area (Å²) in [5, 5.41) is 33.5. The molecule has 0 spiro atoms. The predicted octanol–water partition coefficient (Wildman–Crippen LogP) is 3.98. The molecule has 3 fully saturated rings. The lowest BCUT2D eigenvalue weighted by Gasteiger charge is -2.40. The Kier molecular flexibility index (Phi) is 12.5. The Balaban J connectivity index is 0.000000374. The van der Waals surface area contributed by atoms with Crippen molar-refractivity contribution in [3.05, 3.63) is 10.4 Å². The number of aliphatic hydroxyl groups is 3. The van der Waals surface area contributed by atoms with Crippen LogP contribution < -0.4 is 0 Å². The Morgan fingerprint density at radius 1 is 0.816 bits per heavy atom. The predicted molar refractivity (Wildman–Crippen MR) is 152 cm³/mol. The lowest BCUT2D eigenvalue weighted by molar-refractivity contribution is -0.154. The maximum atomic E-state index is 10.0. The minimum Gasteiger partial charge on any atom is -0.414 e. The Morgan fingerprint density at radius 2 is 1.26 bits per heavy atom. The molecule has 0 saturated carbocycles. The summed E-state index contributed by atoms with van der Waals surface area (Å²) in [4.78, 5) is 2.64. The van der Waals surface area contributed by atoms with Gasteiger partial charge in [-0.15, -0.1) is 0 Å². The van der Waals surface area contributed by atoms with Gasteiger partial charge in [-0.05, 0) is 41.8 Å². The molecule has 0 radical (unpaired) electrons. The van der Waals surface area contributed by atoms with E-state index in [4.69, 9.17) is 28.6 Å². The van der Waals surface area contributed by atoms with Crippen molar-refractivity contribution in [2.75, 3.05) is 26.4 Å². The van der Waals surface area contributed by atoms with E-state index in [0.717, 1.165) is 0 Å². The third kappa shape index (κ3) is 8.97. The molecule has 3 aliphatic heterocycles. The monoisotopic (exact) mass is 579 g/mol. The maximum absolute atomic E-state index is 10.0. The summed E-state index contributed by atoms with van der Waals surface area (Å²) in [7, 11) is -3.69. The minimum absolute atomic E-state index is 0. The van der Waals surface area contributed by atoms with Crippen LogP contribution in [0.5, 0.6) is 0 Å². The fourth-order valence-corrected chi connectivity index (χ4v) is 5.49. The van der Waals surface area contributed by atoms with Crippen molar-refractivity contribution >= 4 is 16.6 Å². The van der Waals surface area contributed by atoms with E-state index >= 15 is 0 Å². The van der Waals surface area contributed by atoms with E-state index < -0.39 is 47.1 Å². The standard InChI is InChI=1S/C12H25N3O4Si.C12H24O4Si.CH4/c1-12(2,3)20(4,5)19-7-9-11(17)10(16)8(6-18-9)14-15-13;1-12(2,3)17(4,5)15-7-8-10(13)11-9(16-11)6-14-8;/h8-11,16-17H,6-7H2,1-5H3;8-11,13H,6-7H2,1-5H3;1H4/t8-,9-,10+,11-;8-,9+,10-,11+;/m00./s1. The summed E-state index contributed by atoms with van der Waals surface area (Å²) in [6.45, 7) is 23.0. The molecule has 0 bridgehead atoms. The number of hydrogen-bond acceptors (Lipinski definition) is 9. The van der Waals surface area contributed by atoms with Crippen LogP contribution in [-0.2, 0) is 23.1 Å². The van der Waals surface area contributed by atoms with Crippen molar-refractivity contribution in [2.24, 2.45) is 5.11 Å². The second kappa shape index (κ2) is 13.4. The molecule has 0 aromatic rings. The van der Waals surface area contributed by atoms with Crippen molar-refractivity contribution in [2.45, 2.75) is 134 Å². The molecule has 224 valence electrons. The number of epoxide rings is 1. The first kappa shape index (κ1) is 35.5. The lowest BCUT2D eigenvalue weighted by atomic mass is 9.99. The molecule has 8 atom stereocenters. The van der Waals surface area contributed by atoms with Gasteiger partial charge in [0.05, 0.1) is 38.6 Å². The molecule has 38 heavy (non-hydrogen) atoms. The third-order valence-corrected chi connectivity index (χ3v) is 17.5. The van der Waals surface area contributed by atoms with Crippen LogP contribution in [0.2, 0.25) is 36.3 Å². The van der Waals surface area contributed by atoms with E-state index in [9.17, 15) is 15.3 Å². The zero-order valence-corrected chi connectivity index (χ0v) is 26.2. The second-order valence-corrected chi connectivity index (χ2v) is 22.9. The highest BCUT2D eigenvalue weighted by Crippen LogP contribution is 2.39. The summed E-state index contributed by atoms with van der Waals surface area (Å²) in [5.41, 5.74) is 8.38. The molecule has 3 saturated heterocycles. The van der Waals surface area contributed by atoms with Crippen LogP contribution in [0.15, 0.2) is 5.11 Å². The van der Waals surface area contributed by atoms with Crippen LogP contribution >= 0.6 is 0 Å². The fraction of sp³-hybridized carbons (Fsp3) is 1.00. The minimum atomic E-state index is -1.93. The van der Waals surface area contributed by atoms with Crippen LogP contribution in [0.4, 0.5) is 0 Å². The van der Waals surface area contributed by atoms with Gasteiger partial charge in [-0.3, -0.25) is 0 Å². The van der Waals surface area contributed by atoms with E-state index in [1.165, 1.54) is 0 Å².